The first-order valence-corrected chi connectivity index (χ1v) is 12.2. The minimum Gasteiger partial charge on any atom is -0.325 e. The molecule has 0 unspecified atom stereocenters. The summed E-state index contributed by atoms with van der Waals surface area (Å²) >= 11 is 15.3. The van der Waals surface area contributed by atoms with Crippen molar-refractivity contribution in [1.29, 1.82) is 0 Å². The molecule has 31 heavy (non-hydrogen) atoms. The van der Waals surface area contributed by atoms with Crippen LogP contribution in [0.5, 0.6) is 0 Å². The Kier molecular flexibility index (Phi) is 7.78. The number of hydrogen-bond acceptors (Lipinski definition) is 3. The van der Waals surface area contributed by atoms with Crippen LogP contribution in [0.4, 0.5) is 5.69 Å². The van der Waals surface area contributed by atoms with Gasteiger partial charge in [0.1, 0.15) is 0 Å². The molecule has 0 atom stereocenters. The summed E-state index contributed by atoms with van der Waals surface area (Å²) in [6.07, 6.45) is 0. The van der Waals surface area contributed by atoms with E-state index in [9.17, 15) is 13.2 Å². The average Bonchev–Trinajstić information content (AvgIpc) is 2.68. The molecular formula is C22H19BrCl2N2O3S. The Morgan fingerprint density at radius 3 is 2.13 bits per heavy atom. The fraction of sp³-hybridized carbons (Fsp3) is 0.136. The zero-order chi connectivity index (χ0) is 22.6. The van der Waals surface area contributed by atoms with Crippen LogP contribution in [0.2, 0.25) is 10.0 Å². The Bertz CT molecular complexity index is 1160. The number of hydrogen-bond donors (Lipinski definition) is 1. The first-order valence-electron chi connectivity index (χ1n) is 9.21. The molecule has 3 rings (SSSR count). The van der Waals surface area contributed by atoms with Gasteiger partial charge in [-0.05, 0) is 55.0 Å². The first-order chi connectivity index (χ1) is 14.6. The summed E-state index contributed by atoms with van der Waals surface area (Å²) in [6, 6.07) is 18.4. The number of amides is 1. The summed E-state index contributed by atoms with van der Waals surface area (Å²) in [6.45, 7) is 1.53. The Morgan fingerprint density at radius 2 is 1.55 bits per heavy atom. The highest BCUT2D eigenvalue weighted by Gasteiger charge is 2.27. The molecule has 0 saturated carbocycles. The maximum atomic E-state index is 13.3. The first kappa shape index (κ1) is 23.8. The van der Waals surface area contributed by atoms with E-state index in [0.29, 0.717) is 15.7 Å². The van der Waals surface area contributed by atoms with Gasteiger partial charge in [0.2, 0.25) is 15.9 Å². The molecule has 3 aromatic carbocycles. The maximum absolute atomic E-state index is 13.3. The molecule has 0 saturated heterocycles. The zero-order valence-corrected chi connectivity index (χ0v) is 20.4. The molecule has 3 aromatic rings. The largest absolute Gasteiger partial charge is 0.325 e. The van der Waals surface area contributed by atoms with Crippen molar-refractivity contribution in [1.82, 2.24) is 4.31 Å². The molecule has 0 fully saturated rings. The van der Waals surface area contributed by atoms with E-state index in [1.807, 2.05) is 19.1 Å². The summed E-state index contributed by atoms with van der Waals surface area (Å²) < 4.78 is 28.6. The number of aryl methyl sites for hydroxylation is 1. The van der Waals surface area contributed by atoms with Crippen molar-refractivity contribution in [2.24, 2.45) is 0 Å². The van der Waals surface area contributed by atoms with E-state index in [1.54, 1.807) is 42.5 Å². The molecule has 0 aliphatic carbocycles. The average molecular weight is 542 g/mol. The molecule has 0 aromatic heterocycles. The number of nitrogens with zero attached hydrogens (tertiary/aromatic N) is 1. The van der Waals surface area contributed by atoms with Gasteiger partial charge in [-0.25, -0.2) is 8.42 Å². The molecule has 1 amide bonds. The summed E-state index contributed by atoms with van der Waals surface area (Å²) in [7, 11) is -3.92. The Morgan fingerprint density at radius 1 is 0.968 bits per heavy atom. The number of rotatable bonds is 7. The van der Waals surface area contributed by atoms with Gasteiger partial charge in [0.15, 0.2) is 0 Å². The van der Waals surface area contributed by atoms with Crippen molar-refractivity contribution in [3.05, 3.63) is 92.4 Å². The smallest absolute Gasteiger partial charge is 0.243 e. The van der Waals surface area contributed by atoms with E-state index >= 15 is 0 Å². The van der Waals surface area contributed by atoms with E-state index in [4.69, 9.17) is 23.2 Å². The van der Waals surface area contributed by atoms with Gasteiger partial charge in [-0.15, -0.1) is 0 Å². The van der Waals surface area contributed by atoms with Crippen molar-refractivity contribution in [2.75, 3.05) is 11.9 Å². The van der Waals surface area contributed by atoms with E-state index in [1.165, 1.54) is 12.1 Å². The minimum atomic E-state index is -3.92. The van der Waals surface area contributed by atoms with Crippen LogP contribution in [0.25, 0.3) is 0 Å². The zero-order valence-electron chi connectivity index (χ0n) is 16.5. The van der Waals surface area contributed by atoms with Gasteiger partial charge in [0, 0.05) is 26.8 Å². The molecule has 0 aliphatic rings. The van der Waals surface area contributed by atoms with E-state index < -0.39 is 15.9 Å². The summed E-state index contributed by atoms with van der Waals surface area (Å²) in [5, 5.41) is 3.39. The highest BCUT2D eigenvalue weighted by molar-refractivity contribution is 9.10. The maximum Gasteiger partial charge on any atom is 0.243 e. The van der Waals surface area contributed by atoms with Gasteiger partial charge in [0.05, 0.1) is 11.4 Å². The van der Waals surface area contributed by atoms with Crippen LogP contribution in [0.1, 0.15) is 11.1 Å². The van der Waals surface area contributed by atoms with Gasteiger partial charge in [0.25, 0.3) is 0 Å². The number of benzene rings is 3. The number of nitrogens with one attached hydrogen (secondary N) is 1. The van der Waals surface area contributed by atoms with Gasteiger partial charge >= 0.3 is 0 Å². The predicted octanol–water partition coefficient (Wildman–Crippen LogP) is 5.89. The normalized spacial score (nSPS) is 11.5. The van der Waals surface area contributed by atoms with E-state index in [2.05, 4.69) is 21.2 Å². The third-order valence-corrected chi connectivity index (χ3v) is 7.17. The molecule has 0 radical (unpaired) electrons. The third kappa shape index (κ3) is 6.54. The standard InChI is InChI=1S/C22H19BrCl2N2O3S/c1-15-2-8-21(9-3-15)31(29,30)27(13-16-4-6-17(23)7-5-16)14-22(28)26-20-11-18(24)10-19(25)12-20/h2-12H,13-14H2,1H3,(H,26,28). The molecule has 0 spiro atoms. The summed E-state index contributed by atoms with van der Waals surface area (Å²) in [5.74, 6) is -0.508. The van der Waals surface area contributed by atoms with Crippen LogP contribution in [0, 0.1) is 6.92 Å². The van der Waals surface area contributed by atoms with Crippen LogP contribution < -0.4 is 5.32 Å². The van der Waals surface area contributed by atoms with E-state index in [-0.39, 0.29) is 18.0 Å². The predicted molar refractivity (Wildman–Crippen MR) is 128 cm³/mol. The second-order valence-electron chi connectivity index (χ2n) is 6.92. The highest BCUT2D eigenvalue weighted by atomic mass is 79.9. The lowest BCUT2D eigenvalue weighted by Crippen LogP contribution is -2.37. The lowest BCUT2D eigenvalue weighted by atomic mass is 10.2. The van der Waals surface area contributed by atoms with E-state index in [0.717, 1.165) is 19.9 Å². The molecule has 0 aliphatic heterocycles. The Balaban J connectivity index is 1.88. The van der Waals surface area contributed by atoms with Gasteiger partial charge < -0.3 is 5.32 Å². The van der Waals surface area contributed by atoms with Gasteiger partial charge in [-0.2, -0.15) is 4.31 Å². The van der Waals surface area contributed by atoms with Crippen molar-refractivity contribution in [3.63, 3.8) is 0 Å². The molecule has 1 N–H and O–H groups in total. The number of anilines is 1. The molecule has 0 heterocycles. The number of sulfonamides is 1. The third-order valence-electron chi connectivity index (χ3n) is 4.40. The highest BCUT2D eigenvalue weighted by Crippen LogP contribution is 2.23. The van der Waals surface area contributed by atoms with Crippen LogP contribution in [-0.4, -0.2) is 25.2 Å². The number of carbonyl (C=O) groups excluding carboxylic acids is 1. The lowest BCUT2D eigenvalue weighted by Gasteiger charge is -2.22. The van der Waals surface area contributed by atoms with Gasteiger partial charge in [-0.1, -0.05) is 69.0 Å². The van der Waals surface area contributed by atoms with Crippen molar-refractivity contribution in [2.45, 2.75) is 18.4 Å². The molecule has 9 heteroatoms. The fourth-order valence-corrected chi connectivity index (χ4v) is 5.04. The molecular weight excluding hydrogens is 523 g/mol. The van der Waals surface area contributed by atoms with Crippen molar-refractivity contribution >= 4 is 60.7 Å². The van der Waals surface area contributed by atoms with Crippen molar-refractivity contribution < 1.29 is 13.2 Å². The van der Waals surface area contributed by atoms with Crippen LogP contribution in [0.15, 0.2) is 76.1 Å². The second kappa shape index (κ2) is 10.1. The van der Waals surface area contributed by atoms with Crippen molar-refractivity contribution in [3.8, 4) is 0 Å². The lowest BCUT2D eigenvalue weighted by molar-refractivity contribution is -0.116. The fourth-order valence-electron chi connectivity index (χ4n) is 2.87. The molecule has 162 valence electrons. The Hall–Kier alpha value is -1.90. The number of halogens is 3. The molecule has 5 nitrogen and oxygen atoms in total. The topological polar surface area (TPSA) is 66.5 Å². The van der Waals surface area contributed by atoms with Gasteiger partial charge in [-0.3, -0.25) is 4.79 Å². The quantitative estimate of drug-likeness (QED) is 0.405. The second-order valence-corrected chi connectivity index (χ2v) is 10.6. The van der Waals surface area contributed by atoms with Crippen LogP contribution >= 0.6 is 39.1 Å². The summed E-state index contributed by atoms with van der Waals surface area (Å²) in [4.78, 5) is 12.8. The minimum absolute atomic E-state index is 0.0349. The monoisotopic (exact) mass is 540 g/mol. The Labute approximate surface area is 200 Å². The number of carbonyl (C=O) groups is 1. The SMILES string of the molecule is Cc1ccc(S(=O)(=O)N(CC(=O)Nc2cc(Cl)cc(Cl)c2)Cc2ccc(Br)cc2)cc1. The van der Waals surface area contributed by atoms with Crippen LogP contribution in [0.3, 0.4) is 0 Å². The molecule has 0 bridgehead atoms. The summed E-state index contributed by atoms with van der Waals surface area (Å²) in [5.41, 5.74) is 2.07. The van der Waals surface area contributed by atoms with Crippen LogP contribution in [-0.2, 0) is 21.4 Å².